The van der Waals surface area contributed by atoms with Crippen LogP contribution in [0.3, 0.4) is 0 Å². The second-order valence-corrected chi connectivity index (χ2v) is 3.25. The fourth-order valence-corrected chi connectivity index (χ4v) is 1.28. The Morgan fingerprint density at radius 3 is 2.69 bits per heavy atom. The fraction of sp³-hybridized carbons (Fsp3) is 0.455. The highest BCUT2D eigenvalue weighted by Gasteiger charge is 1.95. The van der Waals surface area contributed by atoms with Crippen LogP contribution < -0.4 is 4.74 Å². The van der Waals surface area contributed by atoms with Gasteiger partial charge in [-0.15, -0.1) is 0 Å². The van der Waals surface area contributed by atoms with E-state index in [1.54, 1.807) is 7.11 Å². The standard InChI is InChI=1S/C11H15N3O2/c1-15-9-16-11-6-4-10(5-7-11)3-2-8-13-14-12/h4-7H,2-3,8-9H2,1H3. The lowest BCUT2D eigenvalue weighted by molar-refractivity contribution is 0.0511. The highest BCUT2D eigenvalue weighted by atomic mass is 16.7. The van der Waals surface area contributed by atoms with Crippen LogP contribution >= 0.6 is 0 Å². The Kier molecular flexibility index (Phi) is 5.84. The molecule has 0 aliphatic rings. The molecule has 1 aromatic carbocycles. The number of nitrogens with zero attached hydrogens (tertiary/aromatic N) is 3. The maximum Gasteiger partial charge on any atom is 0.188 e. The second-order valence-electron chi connectivity index (χ2n) is 3.25. The summed E-state index contributed by atoms with van der Waals surface area (Å²) in [6, 6.07) is 7.81. The molecule has 1 rings (SSSR count). The summed E-state index contributed by atoms with van der Waals surface area (Å²) in [4.78, 5) is 2.71. The van der Waals surface area contributed by atoms with Crippen LogP contribution in [-0.2, 0) is 11.2 Å². The molecule has 0 fully saturated rings. The van der Waals surface area contributed by atoms with Crippen LogP contribution in [0.25, 0.3) is 10.4 Å². The lowest BCUT2D eigenvalue weighted by atomic mass is 10.1. The zero-order chi connectivity index (χ0) is 11.6. The normalized spacial score (nSPS) is 9.56. The minimum absolute atomic E-state index is 0.260. The fourth-order valence-electron chi connectivity index (χ4n) is 1.28. The lowest BCUT2D eigenvalue weighted by Crippen LogP contribution is -1.98. The number of azide groups is 1. The molecule has 86 valence electrons. The molecular weight excluding hydrogens is 206 g/mol. The molecule has 0 aromatic heterocycles. The molecule has 0 heterocycles. The summed E-state index contributed by atoms with van der Waals surface area (Å²) in [5, 5.41) is 3.48. The Morgan fingerprint density at radius 2 is 2.06 bits per heavy atom. The molecule has 5 nitrogen and oxygen atoms in total. The first-order valence-electron chi connectivity index (χ1n) is 5.08. The third kappa shape index (κ3) is 4.68. The van der Waals surface area contributed by atoms with Gasteiger partial charge in [0.2, 0.25) is 0 Å². The van der Waals surface area contributed by atoms with Crippen molar-refractivity contribution in [3.8, 4) is 5.75 Å². The van der Waals surface area contributed by atoms with E-state index in [0.29, 0.717) is 6.54 Å². The first-order valence-corrected chi connectivity index (χ1v) is 5.08. The minimum Gasteiger partial charge on any atom is -0.468 e. The molecular formula is C11H15N3O2. The average Bonchev–Trinajstić information content (AvgIpc) is 2.33. The van der Waals surface area contributed by atoms with Crippen LogP contribution in [0.5, 0.6) is 5.75 Å². The summed E-state index contributed by atoms with van der Waals surface area (Å²) in [7, 11) is 1.59. The van der Waals surface area contributed by atoms with Gasteiger partial charge in [0, 0.05) is 18.6 Å². The largest absolute Gasteiger partial charge is 0.468 e. The molecule has 0 unspecified atom stereocenters. The first kappa shape index (κ1) is 12.4. The van der Waals surface area contributed by atoms with Gasteiger partial charge in [0.1, 0.15) is 5.75 Å². The van der Waals surface area contributed by atoms with Crippen molar-refractivity contribution in [2.75, 3.05) is 20.4 Å². The summed E-state index contributed by atoms with van der Waals surface area (Å²) in [6.45, 7) is 0.800. The molecule has 0 bridgehead atoms. The Balaban J connectivity index is 2.35. The molecule has 5 heteroatoms. The van der Waals surface area contributed by atoms with Gasteiger partial charge in [-0.2, -0.15) is 0 Å². The van der Waals surface area contributed by atoms with E-state index in [-0.39, 0.29) is 6.79 Å². The van der Waals surface area contributed by atoms with Crippen molar-refractivity contribution in [1.82, 2.24) is 0 Å². The molecule has 0 aliphatic carbocycles. The van der Waals surface area contributed by atoms with Crippen molar-refractivity contribution in [2.24, 2.45) is 5.11 Å². The van der Waals surface area contributed by atoms with E-state index in [0.717, 1.165) is 18.6 Å². The smallest absolute Gasteiger partial charge is 0.188 e. The van der Waals surface area contributed by atoms with Crippen molar-refractivity contribution >= 4 is 0 Å². The van der Waals surface area contributed by atoms with Crippen LogP contribution in [0.2, 0.25) is 0 Å². The maximum absolute atomic E-state index is 8.11. The monoisotopic (exact) mass is 221 g/mol. The number of rotatable bonds is 7. The highest BCUT2D eigenvalue weighted by Crippen LogP contribution is 2.13. The molecule has 0 amide bonds. The van der Waals surface area contributed by atoms with E-state index >= 15 is 0 Å². The van der Waals surface area contributed by atoms with Crippen molar-refractivity contribution in [3.63, 3.8) is 0 Å². The molecule has 0 atom stereocenters. The molecule has 0 N–H and O–H groups in total. The van der Waals surface area contributed by atoms with Gasteiger partial charge in [-0.1, -0.05) is 17.2 Å². The first-order chi connectivity index (χ1) is 7.86. The summed E-state index contributed by atoms with van der Waals surface area (Å²) < 4.78 is 10.1. The number of hydrogen-bond donors (Lipinski definition) is 0. The lowest BCUT2D eigenvalue weighted by Gasteiger charge is -2.05. The van der Waals surface area contributed by atoms with E-state index in [2.05, 4.69) is 10.0 Å². The number of ether oxygens (including phenoxy) is 2. The third-order valence-corrected chi connectivity index (χ3v) is 2.05. The van der Waals surface area contributed by atoms with Gasteiger partial charge in [0.05, 0.1) is 0 Å². The topological polar surface area (TPSA) is 67.2 Å². The predicted octanol–water partition coefficient (Wildman–Crippen LogP) is 2.91. The second kappa shape index (κ2) is 7.56. The quantitative estimate of drug-likeness (QED) is 0.233. The maximum atomic E-state index is 8.11. The van der Waals surface area contributed by atoms with Crippen LogP contribution in [-0.4, -0.2) is 20.4 Å². The van der Waals surface area contributed by atoms with Gasteiger partial charge in [-0.3, -0.25) is 0 Å². The Bertz CT molecular complexity index is 345. The zero-order valence-corrected chi connectivity index (χ0v) is 9.30. The molecule has 1 aromatic rings. The summed E-state index contributed by atoms with van der Waals surface area (Å²) in [6.07, 6.45) is 1.77. The molecule has 16 heavy (non-hydrogen) atoms. The summed E-state index contributed by atoms with van der Waals surface area (Å²) in [5.41, 5.74) is 9.32. The molecule has 0 saturated heterocycles. The van der Waals surface area contributed by atoms with Crippen LogP contribution in [0.4, 0.5) is 0 Å². The molecule has 0 radical (unpaired) electrons. The van der Waals surface area contributed by atoms with Crippen LogP contribution in [0, 0.1) is 0 Å². The third-order valence-electron chi connectivity index (χ3n) is 2.05. The zero-order valence-electron chi connectivity index (χ0n) is 9.30. The average molecular weight is 221 g/mol. The minimum atomic E-state index is 0.260. The molecule has 0 aliphatic heterocycles. The predicted molar refractivity (Wildman–Crippen MR) is 61.3 cm³/mol. The van der Waals surface area contributed by atoms with Gasteiger partial charge >= 0.3 is 0 Å². The Morgan fingerprint density at radius 1 is 1.31 bits per heavy atom. The summed E-state index contributed by atoms with van der Waals surface area (Å²) >= 11 is 0. The molecule has 0 spiro atoms. The van der Waals surface area contributed by atoms with Crippen molar-refractivity contribution in [3.05, 3.63) is 40.3 Å². The van der Waals surface area contributed by atoms with E-state index in [9.17, 15) is 0 Å². The van der Waals surface area contributed by atoms with E-state index in [1.807, 2.05) is 24.3 Å². The highest BCUT2D eigenvalue weighted by molar-refractivity contribution is 5.27. The van der Waals surface area contributed by atoms with Gasteiger partial charge in [0.25, 0.3) is 0 Å². The summed E-state index contributed by atoms with van der Waals surface area (Å²) in [5.74, 6) is 0.792. The van der Waals surface area contributed by atoms with Gasteiger partial charge < -0.3 is 9.47 Å². The van der Waals surface area contributed by atoms with Crippen molar-refractivity contribution < 1.29 is 9.47 Å². The molecule has 0 saturated carbocycles. The van der Waals surface area contributed by atoms with E-state index < -0.39 is 0 Å². The number of aryl methyl sites for hydroxylation is 1. The van der Waals surface area contributed by atoms with E-state index in [4.69, 9.17) is 15.0 Å². The van der Waals surface area contributed by atoms with E-state index in [1.165, 1.54) is 5.56 Å². The number of benzene rings is 1. The SMILES string of the molecule is COCOc1ccc(CCCN=[N+]=[N-])cc1. The van der Waals surface area contributed by atoms with Crippen LogP contribution in [0.15, 0.2) is 29.4 Å². The van der Waals surface area contributed by atoms with Gasteiger partial charge in [-0.25, -0.2) is 0 Å². The van der Waals surface area contributed by atoms with Crippen molar-refractivity contribution in [2.45, 2.75) is 12.8 Å². The Hall–Kier alpha value is -1.71. The van der Waals surface area contributed by atoms with Crippen molar-refractivity contribution in [1.29, 1.82) is 0 Å². The van der Waals surface area contributed by atoms with Crippen LogP contribution in [0.1, 0.15) is 12.0 Å². The Labute approximate surface area is 94.6 Å². The number of methoxy groups -OCH3 is 1. The van der Waals surface area contributed by atoms with Gasteiger partial charge in [-0.05, 0) is 36.1 Å². The van der Waals surface area contributed by atoms with Gasteiger partial charge in [0.15, 0.2) is 6.79 Å². The number of hydrogen-bond acceptors (Lipinski definition) is 3.